The first-order chi connectivity index (χ1) is 6.07. The van der Waals surface area contributed by atoms with Crippen LogP contribution >= 0.6 is 0 Å². The first-order valence-electron chi connectivity index (χ1n) is 3.44. The number of nitrogens with two attached hydrogens (primary N) is 2. The number of alkyl halides is 2. The van der Waals surface area contributed by atoms with Crippen LogP contribution in [0.25, 0.3) is 0 Å². The van der Waals surface area contributed by atoms with Gasteiger partial charge < -0.3 is 16.2 Å². The van der Waals surface area contributed by atoms with Gasteiger partial charge in [-0.3, -0.25) is 0 Å². The number of ether oxygens (including phenoxy) is 1. The molecule has 13 heavy (non-hydrogen) atoms. The molecule has 1 aromatic rings. The van der Waals surface area contributed by atoms with E-state index in [4.69, 9.17) is 11.5 Å². The van der Waals surface area contributed by atoms with E-state index in [1.165, 1.54) is 7.11 Å². The molecule has 0 saturated heterocycles. The van der Waals surface area contributed by atoms with Crippen molar-refractivity contribution >= 4 is 11.5 Å². The maximum atomic E-state index is 12.4. The van der Waals surface area contributed by atoms with Gasteiger partial charge >= 0.3 is 0 Å². The highest BCUT2D eigenvalue weighted by Gasteiger charge is 2.20. The Morgan fingerprint density at radius 1 is 1.46 bits per heavy atom. The first kappa shape index (κ1) is 9.50. The van der Waals surface area contributed by atoms with Crippen LogP contribution < -0.4 is 16.2 Å². The Morgan fingerprint density at radius 2 is 2.08 bits per heavy atom. The summed E-state index contributed by atoms with van der Waals surface area (Å²) < 4.78 is 29.5. The zero-order chi connectivity index (χ0) is 10.0. The molecule has 72 valence electrons. The predicted molar refractivity (Wildman–Crippen MR) is 44.6 cm³/mol. The second-order valence-corrected chi connectivity index (χ2v) is 2.35. The number of anilines is 2. The molecular weight excluding hydrogens is 180 g/mol. The number of methoxy groups -OCH3 is 1. The van der Waals surface area contributed by atoms with Gasteiger partial charge in [-0.15, -0.1) is 0 Å². The van der Waals surface area contributed by atoms with Crippen molar-refractivity contribution in [2.75, 3.05) is 18.6 Å². The highest BCUT2D eigenvalue weighted by molar-refractivity contribution is 5.62. The van der Waals surface area contributed by atoms with Crippen LogP contribution in [0.2, 0.25) is 0 Å². The summed E-state index contributed by atoms with van der Waals surface area (Å²) in [7, 11) is 1.23. The highest BCUT2D eigenvalue weighted by Crippen LogP contribution is 2.36. The molecule has 4 nitrogen and oxygen atoms in total. The van der Waals surface area contributed by atoms with Crippen LogP contribution in [0, 0.1) is 0 Å². The number of rotatable bonds is 2. The molecule has 6 heteroatoms. The van der Waals surface area contributed by atoms with Crippen LogP contribution in [0.4, 0.5) is 20.3 Å². The quantitative estimate of drug-likeness (QED) is 0.732. The smallest absolute Gasteiger partial charge is 0.269 e. The average molecular weight is 189 g/mol. The van der Waals surface area contributed by atoms with Crippen molar-refractivity contribution < 1.29 is 13.5 Å². The van der Waals surface area contributed by atoms with E-state index < -0.39 is 12.0 Å². The molecule has 0 aromatic carbocycles. The van der Waals surface area contributed by atoms with Crippen LogP contribution in [0.15, 0.2) is 6.20 Å². The number of pyridine rings is 1. The third-order valence-electron chi connectivity index (χ3n) is 1.55. The molecule has 0 amide bonds. The third-order valence-corrected chi connectivity index (χ3v) is 1.55. The lowest BCUT2D eigenvalue weighted by molar-refractivity contribution is 0.148. The minimum Gasteiger partial charge on any atom is -0.492 e. The Balaban J connectivity index is 3.35. The molecule has 0 aliphatic rings. The van der Waals surface area contributed by atoms with Crippen LogP contribution in [-0.4, -0.2) is 12.1 Å². The summed E-state index contributed by atoms with van der Waals surface area (Å²) in [4.78, 5) is 3.59. The fourth-order valence-electron chi connectivity index (χ4n) is 0.976. The second-order valence-electron chi connectivity index (χ2n) is 2.35. The molecule has 1 heterocycles. The fourth-order valence-corrected chi connectivity index (χ4v) is 0.976. The summed E-state index contributed by atoms with van der Waals surface area (Å²) in [5.74, 6) is -0.248. The number of halogens is 2. The zero-order valence-electron chi connectivity index (χ0n) is 6.92. The standard InChI is InChI=1S/C7H9F2N3O/c1-13-5-4(6(8)9)3(10)2-12-7(5)11/h2,6H,10H2,1H3,(H2,11,12). The summed E-state index contributed by atoms with van der Waals surface area (Å²) in [6, 6.07) is 0. The Labute approximate surface area is 73.5 Å². The van der Waals surface area contributed by atoms with E-state index in [-0.39, 0.29) is 17.3 Å². The predicted octanol–water partition coefficient (Wildman–Crippen LogP) is 1.19. The zero-order valence-corrected chi connectivity index (χ0v) is 6.92. The lowest BCUT2D eigenvalue weighted by Gasteiger charge is -2.11. The topological polar surface area (TPSA) is 74.2 Å². The van der Waals surface area contributed by atoms with E-state index in [0.717, 1.165) is 6.20 Å². The number of hydrogen-bond acceptors (Lipinski definition) is 4. The second kappa shape index (κ2) is 3.42. The Bertz CT molecular complexity index is 317. The van der Waals surface area contributed by atoms with Gasteiger partial charge in [0.1, 0.15) is 0 Å². The van der Waals surface area contributed by atoms with E-state index in [1.54, 1.807) is 0 Å². The van der Waals surface area contributed by atoms with Crippen LogP contribution in [0.1, 0.15) is 12.0 Å². The molecule has 0 fully saturated rings. The maximum absolute atomic E-state index is 12.4. The van der Waals surface area contributed by atoms with E-state index in [0.29, 0.717) is 0 Å². The number of aromatic nitrogens is 1. The molecule has 0 unspecified atom stereocenters. The summed E-state index contributed by atoms with van der Waals surface area (Å²) in [6.45, 7) is 0. The number of nitrogens with zero attached hydrogens (tertiary/aromatic N) is 1. The van der Waals surface area contributed by atoms with Crippen molar-refractivity contribution in [1.29, 1.82) is 0 Å². The minimum atomic E-state index is -2.72. The van der Waals surface area contributed by atoms with Crippen molar-refractivity contribution in [3.63, 3.8) is 0 Å². The van der Waals surface area contributed by atoms with Gasteiger partial charge in [-0.2, -0.15) is 0 Å². The van der Waals surface area contributed by atoms with Crippen molar-refractivity contribution in [3.05, 3.63) is 11.8 Å². The van der Waals surface area contributed by atoms with Gasteiger partial charge in [0.25, 0.3) is 6.43 Å². The fraction of sp³-hybridized carbons (Fsp3) is 0.286. The van der Waals surface area contributed by atoms with Gasteiger partial charge in [0.15, 0.2) is 11.6 Å². The van der Waals surface area contributed by atoms with Crippen LogP contribution in [0.5, 0.6) is 5.75 Å². The van der Waals surface area contributed by atoms with E-state index >= 15 is 0 Å². The van der Waals surface area contributed by atoms with Crippen molar-refractivity contribution in [1.82, 2.24) is 4.98 Å². The van der Waals surface area contributed by atoms with E-state index in [9.17, 15) is 8.78 Å². The first-order valence-corrected chi connectivity index (χ1v) is 3.44. The molecule has 0 bridgehead atoms. The summed E-state index contributed by atoms with van der Waals surface area (Å²) in [5.41, 5.74) is 10.1. The lowest BCUT2D eigenvalue weighted by Crippen LogP contribution is -2.04. The van der Waals surface area contributed by atoms with Gasteiger partial charge in [-0.25, -0.2) is 13.8 Å². The van der Waals surface area contributed by atoms with Gasteiger partial charge in [0.05, 0.1) is 24.6 Å². The molecule has 0 aliphatic carbocycles. The summed E-state index contributed by atoms with van der Waals surface area (Å²) in [6.07, 6.45) is -1.64. The van der Waals surface area contributed by atoms with Crippen molar-refractivity contribution in [2.24, 2.45) is 0 Å². The monoisotopic (exact) mass is 189 g/mol. The summed E-state index contributed by atoms with van der Waals surface area (Å²) in [5, 5.41) is 0. The maximum Gasteiger partial charge on any atom is 0.269 e. The van der Waals surface area contributed by atoms with E-state index in [1.807, 2.05) is 0 Å². The molecule has 0 aliphatic heterocycles. The highest BCUT2D eigenvalue weighted by atomic mass is 19.3. The molecule has 1 rings (SSSR count). The molecule has 1 aromatic heterocycles. The third kappa shape index (κ3) is 1.61. The van der Waals surface area contributed by atoms with Gasteiger partial charge in [0, 0.05) is 0 Å². The van der Waals surface area contributed by atoms with Gasteiger partial charge in [-0.1, -0.05) is 0 Å². The van der Waals surface area contributed by atoms with Crippen molar-refractivity contribution in [2.45, 2.75) is 6.43 Å². The molecular formula is C7H9F2N3O. The Hall–Kier alpha value is -1.59. The Kier molecular flexibility index (Phi) is 2.50. The van der Waals surface area contributed by atoms with Gasteiger partial charge in [-0.05, 0) is 0 Å². The molecule has 0 spiro atoms. The molecule has 0 atom stereocenters. The lowest BCUT2D eigenvalue weighted by atomic mass is 10.2. The van der Waals surface area contributed by atoms with Crippen LogP contribution in [0.3, 0.4) is 0 Å². The van der Waals surface area contributed by atoms with Crippen molar-refractivity contribution in [3.8, 4) is 5.75 Å². The normalized spacial score (nSPS) is 10.5. The van der Waals surface area contributed by atoms with Crippen LogP contribution in [-0.2, 0) is 0 Å². The number of hydrogen-bond donors (Lipinski definition) is 2. The molecule has 0 saturated carbocycles. The van der Waals surface area contributed by atoms with E-state index in [2.05, 4.69) is 9.72 Å². The number of nitrogen functional groups attached to an aromatic ring is 2. The SMILES string of the molecule is COc1c(N)ncc(N)c1C(F)F. The minimum absolute atomic E-state index is 0.0907. The molecule has 0 radical (unpaired) electrons. The summed E-state index contributed by atoms with van der Waals surface area (Å²) >= 11 is 0. The van der Waals surface area contributed by atoms with Gasteiger partial charge in [0.2, 0.25) is 0 Å². The molecule has 4 N–H and O–H groups in total. The average Bonchev–Trinajstić information content (AvgIpc) is 2.07. The largest absolute Gasteiger partial charge is 0.492 e. The Morgan fingerprint density at radius 3 is 2.46 bits per heavy atom.